The second-order valence-corrected chi connectivity index (χ2v) is 3.55. The smallest absolute Gasteiger partial charge is 0.419 e. The maximum Gasteiger partial charge on any atom is 0.419 e. The van der Waals surface area contributed by atoms with Gasteiger partial charge in [-0.2, -0.15) is 0 Å². The number of phenols is 1. The van der Waals surface area contributed by atoms with Gasteiger partial charge >= 0.3 is 5.76 Å². The largest absolute Gasteiger partial charge is 0.507 e. The lowest BCUT2D eigenvalue weighted by molar-refractivity contribution is 0.472. The van der Waals surface area contributed by atoms with Crippen LogP contribution in [0.15, 0.2) is 25.8 Å². The number of rotatable bonds is 0. The van der Waals surface area contributed by atoms with Crippen molar-refractivity contribution in [2.75, 3.05) is 0 Å². The minimum absolute atomic E-state index is 0.0869. The van der Waals surface area contributed by atoms with Gasteiger partial charge in [0, 0.05) is 19.2 Å². The van der Waals surface area contributed by atoms with Gasteiger partial charge in [0.2, 0.25) is 0 Å². The van der Waals surface area contributed by atoms with Crippen molar-refractivity contribution >= 4 is 27.0 Å². The standard InChI is InChI=1S/C8H6BrNO3/c1-10-5-3-6(11)4(9)2-7(5)13-8(10)12/h2-3,11H,1H3. The molecular weight excluding hydrogens is 238 g/mol. The van der Waals surface area contributed by atoms with E-state index in [1.54, 1.807) is 13.1 Å². The van der Waals surface area contributed by atoms with E-state index in [0.717, 1.165) is 0 Å². The van der Waals surface area contributed by atoms with Crippen molar-refractivity contribution in [1.82, 2.24) is 4.57 Å². The molecule has 0 atom stereocenters. The molecule has 0 spiro atoms. The Kier molecular flexibility index (Phi) is 1.69. The van der Waals surface area contributed by atoms with E-state index in [4.69, 9.17) is 4.42 Å². The predicted molar refractivity (Wildman–Crippen MR) is 50.8 cm³/mol. The third-order valence-electron chi connectivity index (χ3n) is 1.86. The molecule has 0 aliphatic carbocycles. The second kappa shape index (κ2) is 2.63. The molecule has 1 heterocycles. The van der Waals surface area contributed by atoms with E-state index in [1.807, 2.05) is 0 Å². The molecule has 68 valence electrons. The van der Waals surface area contributed by atoms with Crippen LogP contribution in [0.5, 0.6) is 5.75 Å². The molecule has 13 heavy (non-hydrogen) atoms. The number of benzene rings is 1. The zero-order valence-electron chi connectivity index (χ0n) is 6.74. The van der Waals surface area contributed by atoms with Gasteiger partial charge in [-0.1, -0.05) is 0 Å². The average Bonchev–Trinajstić information content (AvgIpc) is 2.32. The summed E-state index contributed by atoms with van der Waals surface area (Å²) in [5, 5.41) is 9.35. The van der Waals surface area contributed by atoms with Crippen LogP contribution in [0.25, 0.3) is 11.1 Å². The minimum atomic E-state index is -0.437. The number of phenolic OH excluding ortho intramolecular Hbond substituents is 1. The van der Waals surface area contributed by atoms with Crippen molar-refractivity contribution in [3.63, 3.8) is 0 Å². The average molecular weight is 244 g/mol. The number of oxazole rings is 1. The van der Waals surface area contributed by atoms with Gasteiger partial charge in [-0.3, -0.25) is 4.57 Å². The summed E-state index contributed by atoms with van der Waals surface area (Å²) in [7, 11) is 1.58. The van der Waals surface area contributed by atoms with Crippen LogP contribution in [0.1, 0.15) is 0 Å². The molecule has 0 bridgehead atoms. The van der Waals surface area contributed by atoms with Gasteiger partial charge in [-0.05, 0) is 15.9 Å². The van der Waals surface area contributed by atoms with E-state index >= 15 is 0 Å². The summed E-state index contributed by atoms with van der Waals surface area (Å²) in [6.45, 7) is 0. The first kappa shape index (κ1) is 8.37. The topological polar surface area (TPSA) is 55.4 Å². The van der Waals surface area contributed by atoms with Crippen LogP contribution in [0.2, 0.25) is 0 Å². The Balaban J connectivity index is 2.97. The summed E-state index contributed by atoms with van der Waals surface area (Å²) < 4.78 is 6.74. The molecule has 0 saturated carbocycles. The van der Waals surface area contributed by atoms with E-state index in [1.165, 1.54) is 10.6 Å². The summed E-state index contributed by atoms with van der Waals surface area (Å²) in [6.07, 6.45) is 0. The van der Waals surface area contributed by atoms with Gasteiger partial charge in [0.1, 0.15) is 5.75 Å². The fourth-order valence-electron chi connectivity index (χ4n) is 1.14. The van der Waals surface area contributed by atoms with Gasteiger partial charge in [-0.15, -0.1) is 0 Å². The summed E-state index contributed by atoms with van der Waals surface area (Å²) in [5.74, 6) is -0.351. The fraction of sp³-hybridized carbons (Fsp3) is 0.125. The van der Waals surface area contributed by atoms with Crippen LogP contribution in [0, 0.1) is 0 Å². The Morgan fingerprint density at radius 1 is 1.54 bits per heavy atom. The van der Waals surface area contributed by atoms with E-state index in [9.17, 15) is 9.90 Å². The van der Waals surface area contributed by atoms with Gasteiger partial charge in [-0.25, -0.2) is 4.79 Å². The molecule has 1 aromatic carbocycles. The number of hydrogen-bond donors (Lipinski definition) is 1. The summed E-state index contributed by atoms with van der Waals surface area (Å²) >= 11 is 3.13. The highest BCUT2D eigenvalue weighted by Gasteiger charge is 2.08. The number of aromatic hydroxyl groups is 1. The Labute approximate surface area is 81.5 Å². The van der Waals surface area contributed by atoms with Crippen molar-refractivity contribution < 1.29 is 9.52 Å². The van der Waals surface area contributed by atoms with Crippen LogP contribution in [0.3, 0.4) is 0 Å². The Bertz CT molecular complexity index is 526. The van der Waals surface area contributed by atoms with Crippen LogP contribution in [-0.2, 0) is 7.05 Å². The molecule has 1 aromatic heterocycles. The van der Waals surface area contributed by atoms with E-state index in [0.29, 0.717) is 15.6 Å². The molecule has 2 rings (SSSR count). The second-order valence-electron chi connectivity index (χ2n) is 2.70. The molecule has 0 saturated heterocycles. The monoisotopic (exact) mass is 243 g/mol. The van der Waals surface area contributed by atoms with Gasteiger partial charge < -0.3 is 9.52 Å². The first-order chi connectivity index (χ1) is 6.09. The summed E-state index contributed by atoms with van der Waals surface area (Å²) in [6, 6.07) is 3.04. The lowest BCUT2D eigenvalue weighted by Gasteiger charge is -1.96. The third-order valence-corrected chi connectivity index (χ3v) is 2.50. The molecular formula is C8H6BrNO3. The number of nitrogens with zero attached hydrogens (tertiary/aromatic N) is 1. The van der Waals surface area contributed by atoms with Crippen LogP contribution in [-0.4, -0.2) is 9.67 Å². The molecule has 0 aliphatic rings. The van der Waals surface area contributed by atoms with Crippen molar-refractivity contribution in [3.8, 4) is 5.75 Å². The van der Waals surface area contributed by atoms with Crippen LogP contribution in [0.4, 0.5) is 0 Å². The number of aryl methyl sites for hydroxylation is 1. The first-order valence-electron chi connectivity index (χ1n) is 3.57. The zero-order chi connectivity index (χ0) is 9.59. The van der Waals surface area contributed by atoms with Crippen molar-refractivity contribution in [3.05, 3.63) is 27.2 Å². The van der Waals surface area contributed by atoms with E-state index in [-0.39, 0.29) is 5.75 Å². The molecule has 0 unspecified atom stereocenters. The predicted octanol–water partition coefficient (Wildman–Crippen LogP) is 1.60. The quantitative estimate of drug-likeness (QED) is 0.765. The van der Waals surface area contributed by atoms with E-state index in [2.05, 4.69) is 15.9 Å². The normalized spacial score (nSPS) is 10.9. The highest BCUT2D eigenvalue weighted by Crippen LogP contribution is 2.28. The zero-order valence-corrected chi connectivity index (χ0v) is 8.33. The number of aromatic nitrogens is 1. The first-order valence-corrected chi connectivity index (χ1v) is 4.37. The SMILES string of the molecule is Cn1c(=O)oc2cc(Br)c(O)cc21. The van der Waals surface area contributed by atoms with Crippen molar-refractivity contribution in [2.24, 2.45) is 7.05 Å². The number of fused-ring (bicyclic) bond motifs is 1. The van der Waals surface area contributed by atoms with Crippen molar-refractivity contribution in [2.45, 2.75) is 0 Å². The van der Waals surface area contributed by atoms with Crippen molar-refractivity contribution in [1.29, 1.82) is 0 Å². The maximum absolute atomic E-state index is 11.1. The Morgan fingerprint density at radius 3 is 2.92 bits per heavy atom. The highest BCUT2D eigenvalue weighted by atomic mass is 79.9. The van der Waals surface area contributed by atoms with Gasteiger partial charge in [0.15, 0.2) is 5.58 Å². The molecule has 0 radical (unpaired) electrons. The number of halogens is 1. The van der Waals surface area contributed by atoms with Crippen LogP contribution < -0.4 is 5.76 Å². The Morgan fingerprint density at radius 2 is 2.23 bits per heavy atom. The van der Waals surface area contributed by atoms with Gasteiger partial charge in [0.05, 0.1) is 9.99 Å². The number of hydrogen-bond acceptors (Lipinski definition) is 3. The van der Waals surface area contributed by atoms with Gasteiger partial charge in [0.25, 0.3) is 0 Å². The van der Waals surface area contributed by atoms with Crippen LogP contribution >= 0.6 is 15.9 Å². The van der Waals surface area contributed by atoms with E-state index < -0.39 is 5.76 Å². The Hall–Kier alpha value is -1.23. The highest BCUT2D eigenvalue weighted by molar-refractivity contribution is 9.10. The molecule has 0 aliphatic heterocycles. The molecule has 1 N–H and O–H groups in total. The molecule has 5 heteroatoms. The maximum atomic E-state index is 11.1. The third kappa shape index (κ3) is 1.16. The minimum Gasteiger partial charge on any atom is -0.507 e. The fourth-order valence-corrected chi connectivity index (χ4v) is 1.46. The molecule has 2 aromatic rings. The molecule has 0 fully saturated rings. The lowest BCUT2D eigenvalue weighted by Crippen LogP contribution is -2.08. The molecule has 0 amide bonds. The molecule has 4 nitrogen and oxygen atoms in total. The lowest BCUT2D eigenvalue weighted by atomic mass is 10.3. The summed E-state index contributed by atoms with van der Waals surface area (Å²) in [5.41, 5.74) is 1.03. The summed E-state index contributed by atoms with van der Waals surface area (Å²) in [4.78, 5) is 11.1.